The van der Waals surface area contributed by atoms with E-state index < -0.39 is 0 Å². The van der Waals surface area contributed by atoms with Crippen LogP contribution in [0.3, 0.4) is 0 Å². The highest BCUT2D eigenvalue weighted by atomic mass is 16.3. The molecule has 12 heavy (non-hydrogen) atoms. The van der Waals surface area contributed by atoms with Crippen LogP contribution >= 0.6 is 0 Å². The molecule has 1 unspecified atom stereocenters. The quantitative estimate of drug-likeness (QED) is 0.629. The van der Waals surface area contributed by atoms with Crippen molar-refractivity contribution < 1.29 is 5.11 Å². The molecule has 2 N–H and O–H groups in total. The average molecular weight is 172 g/mol. The van der Waals surface area contributed by atoms with E-state index in [2.05, 4.69) is 17.1 Å². The van der Waals surface area contributed by atoms with Gasteiger partial charge in [0.15, 0.2) is 0 Å². The summed E-state index contributed by atoms with van der Waals surface area (Å²) in [5.41, 5.74) is 0. The van der Waals surface area contributed by atoms with Crippen LogP contribution in [0.25, 0.3) is 0 Å². The van der Waals surface area contributed by atoms with Crippen molar-refractivity contribution in [1.29, 1.82) is 0 Å². The highest BCUT2D eigenvalue weighted by Crippen LogP contribution is 2.08. The minimum Gasteiger partial charge on any atom is -0.396 e. The van der Waals surface area contributed by atoms with Crippen LogP contribution in [-0.2, 0) is 0 Å². The third-order valence-electron chi connectivity index (χ3n) is 2.60. The van der Waals surface area contributed by atoms with E-state index in [9.17, 15) is 0 Å². The highest BCUT2D eigenvalue weighted by molar-refractivity contribution is 4.75. The van der Waals surface area contributed by atoms with E-state index in [1.54, 1.807) is 0 Å². The van der Waals surface area contributed by atoms with Gasteiger partial charge < -0.3 is 10.4 Å². The summed E-state index contributed by atoms with van der Waals surface area (Å²) in [7, 11) is 0. The molecule has 1 heterocycles. The van der Waals surface area contributed by atoms with E-state index in [0.29, 0.717) is 12.6 Å². The first-order valence-corrected chi connectivity index (χ1v) is 4.94. The van der Waals surface area contributed by atoms with E-state index in [1.807, 2.05) is 0 Å². The van der Waals surface area contributed by atoms with Crippen LogP contribution in [0.1, 0.15) is 19.8 Å². The third kappa shape index (κ3) is 2.73. The zero-order valence-corrected chi connectivity index (χ0v) is 7.92. The highest BCUT2D eigenvalue weighted by Gasteiger charge is 2.17. The van der Waals surface area contributed by atoms with E-state index >= 15 is 0 Å². The molecule has 0 aromatic carbocycles. The Morgan fingerprint density at radius 3 is 2.58 bits per heavy atom. The summed E-state index contributed by atoms with van der Waals surface area (Å²) in [4.78, 5) is 2.48. The average Bonchev–Trinajstić information content (AvgIpc) is 2.15. The SMILES string of the molecule is CCC(CCO)N1CCNCC1. The zero-order chi connectivity index (χ0) is 8.81. The lowest BCUT2D eigenvalue weighted by molar-refractivity contribution is 0.137. The number of nitrogens with one attached hydrogen (secondary N) is 1. The monoisotopic (exact) mass is 172 g/mol. The van der Waals surface area contributed by atoms with Crippen molar-refractivity contribution in [2.75, 3.05) is 32.8 Å². The second-order valence-corrected chi connectivity index (χ2v) is 3.36. The molecule has 1 fully saturated rings. The van der Waals surface area contributed by atoms with Gasteiger partial charge in [-0.3, -0.25) is 4.90 Å². The van der Waals surface area contributed by atoms with Gasteiger partial charge in [-0.25, -0.2) is 0 Å². The Morgan fingerprint density at radius 2 is 2.08 bits per heavy atom. The van der Waals surface area contributed by atoms with E-state index in [0.717, 1.165) is 39.0 Å². The summed E-state index contributed by atoms with van der Waals surface area (Å²) in [6.45, 7) is 6.99. The summed E-state index contributed by atoms with van der Waals surface area (Å²) in [6.07, 6.45) is 2.08. The Labute approximate surface area is 74.8 Å². The first kappa shape index (κ1) is 9.96. The second-order valence-electron chi connectivity index (χ2n) is 3.36. The lowest BCUT2D eigenvalue weighted by Crippen LogP contribution is -2.48. The largest absolute Gasteiger partial charge is 0.396 e. The summed E-state index contributed by atoms with van der Waals surface area (Å²) >= 11 is 0. The fraction of sp³-hybridized carbons (Fsp3) is 1.00. The van der Waals surface area contributed by atoms with Crippen molar-refractivity contribution in [3.63, 3.8) is 0 Å². The molecule has 1 aliphatic rings. The number of aliphatic hydroxyl groups is 1. The van der Waals surface area contributed by atoms with Gasteiger partial charge in [0.25, 0.3) is 0 Å². The number of piperazine rings is 1. The second kappa shape index (κ2) is 5.51. The Kier molecular flexibility index (Phi) is 4.58. The number of nitrogens with zero attached hydrogens (tertiary/aromatic N) is 1. The molecule has 0 amide bonds. The van der Waals surface area contributed by atoms with Gasteiger partial charge in [0.05, 0.1) is 0 Å². The smallest absolute Gasteiger partial charge is 0.0445 e. The van der Waals surface area contributed by atoms with Crippen LogP contribution in [0.4, 0.5) is 0 Å². The minimum absolute atomic E-state index is 0.322. The van der Waals surface area contributed by atoms with Crippen molar-refractivity contribution in [3.8, 4) is 0 Å². The van der Waals surface area contributed by atoms with Crippen molar-refractivity contribution >= 4 is 0 Å². The molecule has 0 saturated carbocycles. The predicted octanol–water partition coefficient (Wildman–Crippen LogP) is 0.0526. The van der Waals surface area contributed by atoms with Crippen LogP contribution < -0.4 is 5.32 Å². The molecule has 0 aromatic heterocycles. The van der Waals surface area contributed by atoms with Crippen molar-refractivity contribution in [2.24, 2.45) is 0 Å². The maximum Gasteiger partial charge on any atom is 0.0445 e. The topological polar surface area (TPSA) is 35.5 Å². The van der Waals surface area contributed by atoms with Crippen LogP contribution in [0.15, 0.2) is 0 Å². The Balaban J connectivity index is 2.29. The first-order valence-electron chi connectivity index (χ1n) is 4.94. The predicted molar refractivity (Wildman–Crippen MR) is 50.2 cm³/mol. The van der Waals surface area contributed by atoms with Crippen LogP contribution in [0.2, 0.25) is 0 Å². The molecule has 0 aromatic rings. The molecule has 1 rings (SSSR count). The van der Waals surface area contributed by atoms with Gasteiger partial charge in [-0.1, -0.05) is 6.92 Å². The van der Waals surface area contributed by atoms with E-state index in [1.165, 1.54) is 0 Å². The van der Waals surface area contributed by atoms with Gasteiger partial charge in [-0.05, 0) is 12.8 Å². The normalized spacial score (nSPS) is 22.5. The molecule has 72 valence electrons. The lowest BCUT2D eigenvalue weighted by atomic mass is 10.1. The van der Waals surface area contributed by atoms with E-state index in [4.69, 9.17) is 5.11 Å². The minimum atomic E-state index is 0.322. The maximum absolute atomic E-state index is 8.86. The molecule has 1 saturated heterocycles. The zero-order valence-electron chi connectivity index (χ0n) is 7.92. The standard InChI is InChI=1S/C9H20N2O/c1-2-9(3-8-12)11-6-4-10-5-7-11/h9-10,12H,2-8H2,1H3. The van der Waals surface area contributed by atoms with E-state index in [-0.39, 0.29) is 0 Å². The molecule has 3 heteroatoms. The molecule has 0 radical (unpaired) electrons. The maximum atomic E-state index is 8.86. The van der Waals surface area contributed by atoms with Gasteiger partial charge in [-0.2, -0.15) is 0 Å². The number of hydrogen-bond acceptors (Lipinski definition) is 3. The number of hydrogen-bond donors (Lipinski definition) is 2. The fourth-order valence-electron chi connectivity index (χ4n) is 1.84. The Hall–Kier alpha value is -0.120. The molecule has 0 bridgehead atoms. The molecule has 1 aliphatic heterocycles. The van der Waals surface area contributed by atoms with Gasteiger partial charge in [0.1, 0.15) is 0 Å². The summed E-state index contributed by atoms with van der Waals surface area (Å²) in [5, 5.41) is 12.2. The van der Waals surface area contributed by atoms with Crippen LogP contribution in [0, 0.1) is 0 Å². The number of aliphatic hydroxyl groups excluding tert-OH is 1. The van der Waals surface area contributed by atoms with Gasteiger partial charge in [0.2, 0.25) is 0 Å². The lowest BCUT2D eigenvalue weighted by Gasteiger charge is -2.34. The molecule has 0 spiro atoms. The summed E-state index contributed by atoms with van der Waals surface area (Å²) in [6, 6.07) is 0.595. The van der Waals surface area contributed by atoms with Crippen LogP contribution in [-0.4, -0.2) is 48.8 Å². The fourth-order valence-corrected chi connectivity index (χ4v) is 1.84. The van der Waals surface area contributed by atoms with Gasteiger partial charge in [0, 0.05) is 38.8 Å². The van der Waals surface area contributed by atoms with Gasteiger partial charge >= 0.3 is 0 Å². The molecule has 1 atom stereocenters. The molecular formula is C9H20N2O. The summed E-state index contributed by atoms with van der Waals surface area (Å²) in [5.74, 6) is 0. The number of rotatable bonds is 4. The molecular weight excluding hydrogens is 152 g/mol. The summed E-state index contributed by atoms with van der Waals surface area (Å²) < 4.78 is 0. The van der Waals surface area contributed by atoms with Gasteiger partial charge in [-0.15, -0.1) is 0 Å². The Bertz CT molecular complexity index is 110. The molecule has 0 aliphatic carbocycles. The van der Waals surface area contributed by atoms with Crippen molar-refractivity contribution in [3.05, 3.63) is 0 Å². The first-order chi connectivity index (χ1) is 5.88. The van der Waals surface area contributed by atoms with Crippen LogP contribution in [0.5, 0.6) is 0 Å². The van der Waals surface area contributed by atoms with Crippen molar-refractivity contribution in [2.45, 2.75) is 25.8 Å². The third-order valence-corrected chi connectivity index (χ3v) is 2.60. The Morgan fingerprint density at radius 1 is 1.42 bits per heavy atom. The van der Waals surface area contributed by atoms with Crippen molar-refractivity contribution in [1.82, 2.24) is 10.2 Å². The molecule has 3 nitrogen and oxygen atoms in total.